The predicted octanol–water partition coefficient (Wildman–Crippen LogP) is 5.38. The zero-order chi connectivity index (χ0) is 23.6. The molecular formula is C27H29BrN2O2S. The molecule has 3 aromatic rings. The number of aryl methyl sites for hydroxylation is 1. The van der Waals surface area contributed by atoms with E-state index < -0.39 is 6.04 Å². The molecule has 2 amide bonds. The normalized spacial score (nSPS) is 11.6. The molecule has 0 bridgehead atoms. The fourth-order valence-corrected chi connectivity index (χ4v) is 4.67. The number of thioether (sulfide) groups is 1. The summed E-state index contributed by atoms with van der Waals surface area (Å²) >= 11 is 5.04. The smallest absolute Gasteiger partial charge is 0.242 e. The Morgan fingerprint density at radius 2 is 1.55 bits per heavy atom. The summed E-state index contributed by atoms with van der Waals surface area (Å²) in [5.41, 5.74) is 4.41. The minimum absolute atomic E-state index is 0.0421. The lowest BCUT2D eigenvalue weighted by Gasteiger charge is -2.31. The molecule has 0 aliphatic rings. The van der Waals surface area contributed by atoms with Gasteiger partial charge < -0.3 is 10.2 Å². The van der Waals surface area contributed by atoms with Crippen molar-refractivity contribution in [3.05, 3.63) is 106 Å². The van der Waals surface area contributed by atoms with E-state index in [0.717, 1.165) is 21.4 Å². The first-order valence-corrected chi connectivity index (χ1v) is 12.8. The lowest BCUT2D eigenvalue weighted by Crippen LogP contribution is -2.50. The number of amides is 2. The SMILES string of the molecule is CNC(=O)C(Cc1ccccc1)N(Cc1ccc(Br)cc1)C(=O)CSCc1ccc(C)cc1. The quantitative estimate of drug-likeness (QED) is 0.387. The maximum atomic E-state index is 13.4. The van der Waals surface area contributed by atoms with Gasteiger partial charge in [0.1, 0.15) is 6.04 Å². The number of hydrogen-bond acceptors (Lipinski definition) is 3. The molecule has 172 valence electrons. The van der Waals surface area contributed by atoms with Crippen molar-refractivity contribution in [3.8, 4) is 0 Å². The Kier molecular flexibility index (Phi) is 9.58. The molecule has 6 heteroatoms. The highest BCUT2D eigenvalue weighted by Crippen LogP contribution is 2.19. The summed E-state index contributed by atoms with van der Waals surface area (Å²) in [5.74, 6) is 0.862. The summed E-state index contributed by atoms with van der Waals surface area (Å²) < 4.78 is 0.977. The second-order valence-electron chi connectivity index (χ2n) is 7.95. The van der Waals surface area contributed by atoms with Gasteiger partial charge in [-0.25, -0.2) is 0 Å². The van der Waals surface area contributed by atoms with E-state index in [1.807, 2.05) is 54.6 Å². The maximum absolute atomic E-state index is 13.4. The van der Waals surface area contributed by atoms with Crippen molar-refractivity contribution in [1.29, 1.82) is 0 Å². The molecule has 0 radical (unpaired) electrons. The Bertz CT molecular complexity index is 1040. The van der Waals surface area contributed by atoms with Crippen LogP contribution >= 0.6 is 27.7 Å². The molecule has 0 spiro atoms. The van der Waals surface area contributed by atoms with Crippen LogP contribution in [0, 0.1) is 6.92 Å². The number of halogens is 1. The molecule has 0 heterocycles. The Hall–Kier alpha value is -2.57. The number of rotatable bonds is 10. The van der Waals surface area contributed by atoms with Gasteiger partial charge >= 0.3 is 0 Å². The molecule has 0 aromatic heterocycles. The third kappa shape index (κ3) is 7.76. The molecular weight excluding hydrogens is 496 g/mol. The summed E-state index contributed by atoms with van der Waals surface area (Å²) in [4.78, 5) is 28.1. The van der Waals surface area contributed by atoms with Crippen LogP contribution in [0.15, 0.2) is 83.3 Å². The average Bonchev–Trinajstić information content (AvgIpc) is 2.83. The van der Waals surface area contributed by atoms with Gasteiger partial charge in [0.2, 0.25) is 11.8 Å². The van der Waals surface area contributed by atoms with Crippen LogP contribution < -0.4 is 5.32 Å². The molecule has 0 saturated heterocycles. The monoisotopic (exact) mass is 524 g/mol. The van der Waals surface area contributed by atoms with Crippen LogP contribution in [0.2, 0.25) is 0 Å². The summed E-state index contributed by atoms with van der Waals surface area (Å²) in [7, 11) is 1.62. The number of benzene rings is 3. The molecule has 4 nitrogen and oxygen atoms in total. The third-order valence-corrected chi connectivity index (χ3v) is 6.92. The van der Waals surface area contributed by atoms with E-state index in [1.54, 1.807) is 23.7 Å². The minimum atomic E-state index is -0.589. The van der Waals surface area contributed by atoms with Gasteiger partial charge in [0.05, 0.1) is 5.75 Å². The van der Waals surface area contributed by atoms with E-state index in [9.17, 15) is 9.59 Å². The van der Waals surface area contributed by atoms with Crippen molar-refractivity contribution in [1.82, 2.24) is 10.2 Å². The van der Waals surface area contributed by atoms with E-state index in [0.29, 0.717) is 18.7 Å². The lowest BCUT2D eigenvalue weighted by molar-refractivity contribution is -0.139. The molecule has 33 heavy (non-hydrogen) atoms. The molecule has 3 aromatic carbocycles. The predicted molar refractivity (Wildman–Crippen MR) is 140 cm³/mol. The van der Waals surface area contributed by atoms with Crippen LogP contribution in [0.4, 0.5) is 0 Å². The minimum Gasteiger partial charge on any atom is -0.357 e. The van der Waals surface area contributed by atoms with Crippen LogP contribution in [0.5, 0.6) is 0 Å². The maximum Gasteiger partial charge on any atom is 0.242 e. The Labute approximate surface area is 208 Å². The fourth-order valence-electron chi connectivity index (χ4n) is 3.53. The third-order valence-electron chi connectivity index (χ3n) is 5.40. The molecule has 1 atom stereocenters. The van der Waals surface area contributed by atoms with Gasteiger partial charge in [-0.15, -0.1) is 11.8 Å². The summed E-state index contributed by atoms with van der Waals surface area (Å²) in [6, 6.07) is 25.5. The topological polar surface area (TPSA) is 49.4 Å². The zero-order valence-electron chi connectivity index (χ0n) is 19.0. The van der Waals surface area contributed by atoms with Crippen LogP contribution in [0.25, 0.3) is 0 Å². The number of hydrogen-bond donors (Lipinski definition) is 1. The summed E-state index contributed by atoms with van der Waals surface area (Å²) in [5, 5.41) is 2.76. The van der Waals surface area contributed by atoms with Gasteiger partial charge in [0, 0.05) is 30.2 Å². The molecule has 0 aliphatic heterocycles. The van der Waals surface area contributed by atoms with Crippen molar-refractivity contribution in [2.45, 2.75) is 31.7 Å². The first kappa shape index (κ1) is 25.1. The number of carbonyl (C=O) groups excluding carboxylic acids is 2. The standard InChI is InChI=1S/C27H29BrN2O2S/c1-20-8-10-23(11-9-20)18-33-19-26(31)30(17-22-12-14-24(28)15-13-22)25(27(32)29-2)16-21-6-4-3-5-7-21/h3-15,25H,16-19H2,1-2H3,(H,29,32). The lowest BCUT2D eigenvalue weighted by atomic mass is 10.0. The number of likely N-dealkylation sites (N-methyl/N-ethyl adjacent to an activating group) is 1. The first-order valence-electron chi connectivity index (χ1n) is 10.9. The Morgan fingerprint density at radius 3 is 2.18 bits per heavy atom. The fraction of sp³-hybridized carbons (Fsp3) is 0.259. The average molecular weight is 526 g/mol. The van der Waals surface area contributed by atoms with Gasteiger partial charge in [0.25, 0.3) is 0 Å². The second kappa shape index (κ2) is 12.6. The highest BCUT2D eigenvalue weighted by atomic mass is 79.9. The van der Waals surface area contributed by atoms with Crippen LogP contribution in [-0.2, 0) is 28.3 Å². The van der Waals surface area contributed by atoms with Gasteiger partial charge in [-0.1, -0.05) is 88.2 Å². The molecule has 0 aliphatic carbocycles. The summed E-state index contributed by atoms with van der Waals surface area (Å²) in [6.07, 6.45) is 0.464. The van der Waals surface area contributed by atoms with Crippen LogP contribution in [0.3, 0.4) is 0 Å². The van der Waals surface area contributed by atoms with Crippen molar-refractivity contribution in [3.63, 3.8) is 0 Å². The number of nitrogens with zero attached hydrogens (tertiary/aromatic N) is 1. The van der Waals surface area contributed by atoms with Crippen molar-refractivity contribution < 1.29 is 9.59 Å². The van der Waals surface area contributed by atoms with Crippen molar-refractivity contribution >= 4 is 39.5 Å². The zero-order valence-corrected chi connectivity index (χ0v) is 21.4. The first-order chi connectivity index (χ1) is 16.0. The highest BCUT2D eigenvalue weighted by Gasteiger charge is 2.29. The summed E-state index contributed by atoms with van der Waals surface area (Å²) in [6.45, 7) is 2.44. The Balaban J connectivity index is 1.79. The highest BCUT2D eigenvalue weighted by molar-refractivity contribution is 9.10. The second-order valence-corrected chi connectivity index (χ2v) is 9.85. The van der Waals surface area contributed by atoms with Crippen LogP contribution in [-0.4, -0.2) is 35.6 Å². The van der Waals surface area contributed by atoms with Gasteiger partial charge in [-0.2, -0.15) is 0 Å². The molecule has 1 unspecified atom stereocenters. The van der Waals surface area contributed by atoms with Crippen molar-refractivity contribution in [2.24, 2.45) is 0 Å². The van der Waals surface area contributed by atoms with Crippen molar-refractivity contribution in [2.75, 3.05) is 12.8 Å². The molecule has 0 fully saturated rings. The molecule has 0 saturated carbocycles. The van der Waals surface area contributed by atoms with Gasteiger partial charge in [0.15, 0.2) is 0 Å². The largest absolute Gasteiger partial charge is 0.357 e. The molecule has 1 N–H and O–H groups in total. The van der Waals surface area contributed by atoms with Gasteiger partial charge in [-0.3, -0.25) is 9.59 Å². The van der Waals surface area contributed by atoms with E-state index in [2.05, 4.69) is 52.4 Å². The van der Waals surface area contributed by atoms with E-state index in [1.165, 1.54) is 11.1 Å². The molecule has 3 rings (SSSR count). The van der Waals surface area contributed by atoms with E-state index in [4.69, 9.17) is 0 Å². The number of nitrogens with one attached hydrogen (secondary N) is 1. The van der Waals surface area contributed by atoms with Gasteiger partial charge in [-0.05, 0) is 35.7 Å². The number of carbonyl (C=O) groups is 2. The Morgan fingerprint density at radius 1 is 0.909 bits per heavy atom. The van der Waals surface area contributed by atoms with E-state index >= 15 is 0 Å². The van der Waals surface area contributed by atoms with Crippen LogP contribution in [0.1, 0.15) is 22.3 Å². The van der Waals surface area contributed by atoms with E-state index in [-0.39, 0.29) is 11.8 Å².